The molecule has 0 aromatic heterocycles. The highest BCUT2D eigenvalue weighted by Crippen LogP contribution is 2.22. The van der Waals surface area contributed by atoms with Crippen molar-refractivity contribution in [3.8, 4) is 0 Å². The SMILES string of the molecule is NC(=O)ON1CCC(CCN2CCN(c3cccc(C(=O)NC4CCC(=O)NC4=O)c3)CC2)C1. The zero-order valence-corrected chi connectivity index (χ0v) is 19.2. The molecule has 3 aliphatic heterocycles. The number of benzene rings is 1. The van der Waals surface area contributed by atoms with Crippen molar-refractivity contribution in [2.24, 2.45) is 11.7 Å². The van der Waals surface area contributed by atoms with Crippen LogP contribution in [0.25, 0.3) is 0 Å². The number of hydroxylamine groups is 2. The third kappa shape index (κ3) is 6.23. The Morgan fingerprint density at radius 3 is 2.65 bits per heavy atom. The van der Waals surface area contributed by atoms with Crippen LogP contribution in [0, 0.1) is 5.92 Å². The van der Waals surface area contributed by atoms with E-state index in [1.54, 1.807) is 11.1 Å². The lowest BCUT2D eigenvalue weighted by Crippen LogP contribution is -2.52. The summed E-state index contributed by atoms with van der Waals surface area (Å²) >= 11 is 0. The highest BCUT2D eigenvalue weighted by molar-refractivity contribution is 6.04. The number of hydrogen-bond donors (Lipinski definition) is 3. The summed E-state index contributed by atoms with van der Waals surface area (Å²) in [7, 11) is 0. The van der Waals surface area contributed by atoms with Crippen molar-refractivity contribution in [1.29, 1.82) is 0 Å². The Morgan fingerprint density at radius 2 is 1.91 bits per heavy atom. The molecule has 4 amide bonds. The Morgan fingerprint density at radius 1 is 1.12 bits per heavy atom. The van der Waals surface area contributed by atoms with Crippen molar-refractivity contribution in [3.63, 3.8) is 0 Å². The number of carbonyl (C=O) groups excluding carboxylic acids is 4. The summed E-state index contributed by atoms with van der Waals surface area (Å²) in [5, 5.41) is 6.64. The van der Waals surface area contributed by atoms with Gasteiger partial charge in [-0.2, -0.15) is 0 Å². The molecule has 34 heavy (non-hydrogen) atoms. The lowest BCUT2D eigenvalue weighted by molar-refractivity contribution is -0.134. The number of imide groups is 1. The standard InChI is InChI=1S/C23H32N6O5/c24-23(33)34-29-9-7-16(15-29)6-8-27-10-12-28(13-11-27)18-3-1-2-17(14-18)21(31)25-19-4-5-20(30)26-22(19)32/h1-3,14,16,19H,4-13,15H2,(H2,24,33)(H,25,31)(H,26,30,32). The fourth-order valence-corrected chi connectivity index (χ4v) is 4.75. The smallest absolute Gasteiger partial charge is 0.369 e. The molecule has 2 atom stereocenters. The quantitative estimate of drug-likeness (QED) is 0.474. The van der Waals surface area contributed by atoms with E-state index in [-0.39, 0.29) is 18.2 Å². The van der Waals surface area contributed by atoms with Crippen LogP contribution >= 0.6 is 0 Å². The summed E-state index contributed by atoms with van der Waals surface area (Å²) in [5.74, 6) is -0.584. The van der Waals surface area contributed by atoms with Crippen molar-refractivity contribution < 1.29 is 24.0 Å². The molecule has 11 heteroatoms. The second-order valence-electron chi connectivity index (χ2n) is 9.10. The monoisotopic (exact) mass is 472 g/mol. The summed E-state index contributed by atoms with van der Waals surface area (Å²) in [6.45, 7) is 6.05. The van der Waals surface area contributed by atoms with E-state index in [1.165, 1.54) is 0 Å². The van der Waals surface area contributed by atoms with Gasteiger partial charge in [0.15, 0.2) is 0 Å². The van der Waals surface area contributed by atoms with E-state index in [1.807, 2.05) is 18.2 Å². The third-order valence-electron chi connectivity index (χ3n) is 6.71. The van der Waals surface area contributed by atoms with Crippen LogP contribution < -0.4 is 21.3 Å². The molecular weight excluding hydrogens is 440 g/mol. The molecule has 3 aliphatic rings. The van der Waals surface area contributed by atoms with Crippen LogP contribution in [0.3, 0.4) is 0 Å². The van der Waals surface area contributed by atoms with Crippen LogP contribution in [0.15, 0.2) is 24.3 Å². The van der Waals surface area contributed by atoms with E-state index < -0.39 is 18.0 Å². The summed E-state index contributed by atoms with van der Waals surface area (Å²) in [5.41, 5.74) is 6.55. The molecule has 3 saturated heterocycles. The number of piperidine rings is 1. The zero-order chi connectivity index (χ0) is 24.1. The van der Waals surface area contributed by atoms with E-state index in [4.69, 9.17) is 10.6 Å². The van der Waals surface area contributed by atoms with E-state index >= 15 is 0 Å². The third-order valence-corrected chi connectivity index (χ3v) is 6.71. The molecule has 184 valence electrons. The maximum atomic E-state index is 12.7. The maximum absolute atomic E-state index is 12.7. The second kappa shape index (κ2) is 10.8. The molecule has 0 radical (unpaired) electrons. The van der Waals surface area contributed by atoms with Crippen LogP contribution in [0.5, 0.6) is 0 Å². The number of nitrogens with zero attached hydrogens (tertiary/aromatic N) is 3. The molecule has 2 unspecified atom stereocenters. The van der Waals surface area contributed by atoms with Gasteiger partial charge in [-0.05, 0) is 49.9 Å². The number of carbonyl (C=O) groups is 4. The van der Waals surface area contributed by atoms with Crippen molar-refractivity contribution in [2.45, 2.75) is 31.7 Å². The molecule has 0 saturated carbocycles. The molecule has 1 aromatic rings. The molecule has 11 nitrogen and oxygen atoms in total. The first-order chi connectivity index (χ1) is 16.4. The molecule has 0 aliphatic carbocycles. The van der Waals surface area contributed by atoms with E-state index in [9.17, 15) is 19.2 Å². The number of nitrogens with two attached hydrogens (primary N) is 1. The van der Waals surface area contributed by atoms with Crippen molar-refractivity contribution in [1.82, 2.24) is 20.6 Å². The Labute approximate surface area is 198 Å². The topological polar surface area (TPSA) is 137 Å². The van der Waals surface area contributed by atoms with Gasteiger partial charge in [-0.25, -0.2) is 4.79 Å². The minimum atomic E-state index is -0.755. The van der Waals surface area contributed by atoms with Crippen LogP contribution in [-0.4, -0.2) is 85.6 Å². The molecule has 1 aromatic carbocycles. The highest BCUT2D eigenvalue weighted by atomic mass is 16.7. The van der Waals surface area contributed by atoms with Crippen LogP contribution in [0.2, 0.25) is 0 Å². The summed E-state index contributed by atoms with van der Waals surface area (Å²) in [6.07, 6.45) is 1.83. The zero-order valence-electron chi connectivity index (χ0n) is 19.2. The minimum Gasteiger partial charge on any atom is -0.369 e. The molecule has 0 bridgehead atoms. The average molecular weight is 473 g/mol. The molecular formula is C23H32N6O5. The molecule has 4 N–H and O–H groups in total. The largest absolute Gasteiger partial charge is 0.423 e. The summed E-state index contributed by atoms with van der Waals surface area (Å²) in [4.78, 5) is 56.4. The Kier molecular flexibility index (Phi) is 7.63. The Balaban J connectivity index is 1.23. The fraction of sp³-hybridized carbons (Fsp3) is 0.565. The first-order valence-electron chi connectivity index (χ1n) is 11.8. The fourth-order valence-electron chi connectivity index (χ4n) is 4.75. The lowest BCUT2D eigenvalue weighted by Gasteiger charge is -2.36. The Bertz CT molecular complexity index is 932. The number of piperazine rings is 1. The average Bonchev–Trinajstić information content (AvgIpc) is 3.26. The van der Waals surface area contributed by atoms with Gasteiger partial charge < -0.3 is 20.8 Å². The number of amides is 4. The first kappa shape index (κ1) is 24.0. The number of primary amides is 1. The number of anilines is 1. The number of rotatable bonds is 7. The maximum Gasteiger partial charge on any atom is 0.423 e. The van der Waals surface area contributed by atoms with Crippen molar-refractivity contribution in [2.75, 3.05) is 50.7 Å². The van der Waals surface area contributed by atoms with Gasteiger partial charge in [0.05, 0.1) is 0 Å². The van der Waals surface area contributed by atoms with E-state index in [2.05, 4.69) is 20.4 Å². The summed E-state index contributed by atoms with van der Waals surface area (Å²) < 4.78 is 0. The highest BCUT2D eigenvalue weighted by Gasteiger charge is 2.29. The van der Waals surface area contributed by atoms with Crippen molar-refractivity contribution >= 4 is 29.5 Å². The minimum absolute atomic E-state index is 0.223. The first-order valence-corrected chi connectivity index (χ1v) is 11.8. The van der Waals surface area contributed by atoms with Gasteiger partial charge in [0.2, 0.25) is 11.8 Å². The summed E-state index contributed by atoms with van der Waals surface area (Å²) in [6, 6.07) is 6.73. The van der Waals surface area contributed by atoms with Gasteiger partial charge in [0.25, 0.3) is 5.91 Å². The van der Waals surface area contributed by atoms with Crippen LogP contribution in [0.1, 0.15) is 36.0 Å². The van der Waals surface area contributed by atoms with Crippen LogP contribution in [-0.2, 0) is 14.4 Å². The van der Waals surface area contributed by atoms with Crippen LogP contribution in [0.4, 0.5) is 10.5 Å². The lowest BCUT2D eigenvalue weighted by atomic mass is 10.0. The number of hydrogen-bond acceptors (Lipinski definition) is 8. The van der Waals surface area contributed by atoms with Gasteiger partial charge in [0, 0.05) is 56.9 Å². The predicted octanol–water partition coefficient (Wildman–Crippen LogP) is 0.0659. The normalized spacial score (nSPS) is 24.1. The van der Waals surface area contributed by atoms with E-state index in [0.29, 0.717) is 17.9 Å². The molecule has 3 heterocycles. The van der Waals surface area contributed by atoms with Gasteiger partial charge in [-0.15, -0.1) is 5.06 Å². The number of nitrogens with one attached hydrogen (secondary N) is 2. The van der Waals surface area contributed by atoms with Gasteiger partial charge in [-0.3, -0.25) is 24.6 Å². The van der Waals surface area contributed by atoms with Crippen molar-refractivity contribution in [3.05, 3.63) is 29.8 Å². The Hall–Kier alpha value is -3.18. The van der Waals surface area contributed by atoms with E-state index in [0.717, 1.165) is 64.3 Å². The van der Waals surface area contributed by atoms with Gasteiger partial charge >= 0.3 is 6.09 Å². The molecule has 4 rings (SSSR count). The predicted molar refractivity (Wildman–Crippen MR) is 124 cm³/mol. The molecule has 3 fully saturated rings. The second-order valence-corrected chi connectivity index (χ2v) is 9.10. The molecule has 0 spiro atoms. The van der Waals surface area contributed by atoms with Gasteiger partial charge in [-0.1, -0.05) is 6.07 Å². The van der Waals surface area contributed by atoms with Gasteiger partial charge in [0.1, 0.15) is 6.04 Å².